The van der Waals surface area contributed by atoms with Gasteiger partial charge in [-0.3, -0.25) is 10.1 Å². The van der Waals surface area contributed by atoms with Crippen molar-refractivity contribution in [2.24, 2.45) is 0 Å². The van der Waals surface area contributed by atoms with Crippen molar-refractivity contribution in [1.82, 2.24) is 0 Å². The molecule has 0 aromatic heterocycles. The van der Waals surface area contributed by atoms with E-state index in [-0.39, 0.29) is 29.2 Å². The summed E-state index contributed by atoms with van der Waals surface area (Å²) < 4.78 is 4.96. The number of nitrogens with zero attached hydrogens (tertiary/aromatic N) is 1. The molecule has 0 saturated heterocycles. The minimum Gasteiger partial charge on any atom is -0.504 e. The average Bonchev–Trinajstić information content (AvgIpc) is 2.47. The summed E-state index contributed by atoms with van der Waals surface area (Å²) in [7, 11) is 0. The van der Waals surface area contributed by atoms with Gasteiger partial charge in [0, 0.05) is 6.07 Å². The van der Waals surface area contributed by atoms with Crippen LogP contribution in [0, 0.1) is 10.1 Å². The number of hydrogen-bond acceptors (Lipinski definition) is 6. The molecule has 21 heavy (non-hydrogen) atoms. The molecule has 7 heteroatoms. The zero-order chi connectivity index (χ0) is 15.4. The summed E-state index contributed by atoms with van der Waals surface area (Å²) in [6, 6.07) is 9.39. The molecular weight excluding hydrogens is 278 g/mol. The lowest BCUT2D eigenvalue weighted by atomic mass is 10.2. The molecule has 0 atom stereocenters. The number of nitro groups is 1. The average molecular weight is 289 g/mol. The van der Waals surface area contributed by atoms with Crippen molar-refractivity contribution in [3.8, 4) is 11.5 Å². The van der Waals surface area contributed by atoms with Crippen molar-refractivity contribution < 1.29 is 24.7 Å². The van der Waals surface area contributed by atoms with Gasteiger partial charge in [-0.05, 0) is 24.3 Å². The second kappa shape index (κ2) is 5.91. The maximum Gasteiger partial charge on any atom is 0.338 e. The van der Waals surface area contributed by atoms with E-state index in [4.69, 9.17) is 9.84 Å². The molecule has 0 saturated carbocycles. The van der Waals surface area contributed by atoms with Gasteiger partial charge in [0.15, 0.2) is 11.5 Å². The van der Waals surface area contributed by atoms with Crippen molar-refractivity contribution in [3.63, 3.8) is 0 Å². The zero-order valence-corrected chi connectivity index (χ0v) is 10.7. The van der Waals surface area contributed by atoms with Gasteiger partial charge < -0.3 is 14.9 Å². The van der Waals surface area contributed by atoms with Gasteiger partial charge in [0.05, 0.1) is 16.1 Å². The lowest BCUT2D eigenvalue weighted by Gasteiger charge is -2.06. The topological polar surface area (TPSA) is 110 Å². The Morgan fingerprint density at radius 3 is 2.52 bits per heavy atom. The number of hydrogen-bond donors (Lipinski definition) is 2. The van der Waals surface area contributed by atoms with Crippen LogP contribution in [0.15, 0.2) is 42.5 Å². The van der Waals surface area contributed by atoms with Crippen LogP contribution >= 0.6 is 0 Å². The number of rotatable bonds is 4. The van der Waals surface area contributed by atoms with Crippen LogP contribution < -0.4 is 0 Å². The predicted octanol–water partition coefficient (Wildman–Crippen LogP) is 2.36. The van der Waals surface area contributed by atoms with E-state index in [2.05, 4.69) is 0 Å². The highest BCUT2D eigenvalue weighted by atomic mass is 16.6. The maximum atomic E-state index is 11.8. The first-order chi connectivity index (χ1) is 9.99. The van der Waals surface area contributed by atoms with E-state index < -0.39 is 16.6 Å². The summed E-state index contributed by atoms with van der Waals surface area (Å²) in [5.41, 5.74) is 0.154. The zero-order valence-electron chi connectivity index (χ0n) is 10.7. The lowest BCUT2D eigenvalue weighted by molar-refractivity contribution is -0.385. The Hall–Kier alpha value is -3.09. The van der Waals surface area contributed by atoms with Crippen LogP contribution in [0.3, 0.4) is 0 Å². The SMILES string of the molecule is O=C(OCc1ccccc1[N+](=O)[O-])c1ccc(O)c(O)c1. The fourth-order valence-corrected chi connectivity index (χ4v) is 1.69. The number of esters is 1. The molecule has 0 spiro atoms. The number of carbonyl (C=O) groups is 1. The van der Waals surface area contributed by atoms with Gasteiger partial charge >= 0.3 is 5.97 Å². The smallest absolute Gasteiger partial charge is 0.338 e. The van der Waals surface area contributed by atoms with Crippen LogP contribution in [0.5, 0.6) is 11.5 Å². The molecule has 2 rings (SSSR count). The number of ether oxygens (including phenoxy) is 1. The highest BCUT2D eigenvalue weighted by Gasteiger charge is 2.15. The molecule has 0 aliphatic carbocycles. The maximum absolute atomic E-state index is 11.8. The fourth-order valence-electron chi connectivity index (χ4n) is 1.69. The van der Waals surface area contributed by atoms with E-state index in [0.29, 0.717) is 0 Å². The second-order valence-corrected chi connectivity index (χ2v) is 4.17. The van der Waals surface area contributed by atoms with Gasteiger partial charge in [-0.2, -0.15) is 0 Å². The van der Waals surface area contributed by atoms with Gasteiger partial charge in [0.1, 0.15) is 6.61 Å². The first kappa shape index (κ1) is 14.3. The Labute approximate surface area is 119 Å². The highest BCUT2D eigenvalue weighted by Crippen LogP contribution is 2.25. The van der Waals surface area contributed by atoms with Gasteiger partial charge in [0.2, 0.25) is 0 Å². The van der Waals surface area contributed by atoms with Crippen LogP contribution in [0.2, 0.25) is 0 Å². The molecule has 0 amide bonds. The van der Waals surface area contributed by atoms with Gasteiger partial charge in [-0.1, -0.05) is 12.1 Å². The molecule has 2 aromatic rings. The van der Waals surface area contributed by atoms with Crippen LogP contribution in [-0.4, -0.2) is 21.1 Å². The van der Waals surface area contributed by atoms with Crippen LogP contribution in [0.1, 0.15) is 15.9 Å². The Morgan fingerprint density at radius 1 is 1.14 bits per heavy atom. The van der Waals surface area contributed by atoms with E-state index in [1.54, 1.807) is 6.07 Å². The summed E-state index contributed by atoms with van der Waals surface area (Å²) in [5, 5.41) is 29.3. The molecule has 0 heterocycles. The number of aromatic hydroxyl groups is 2. The van der Waals surface area contributed by atoms with E-state index >= 15 is 0 Å². The van der Waals surface area contributed by atoms with Crippen molar-refractivity contribution in [1.29, 1.82) is 0 Å². The van der Waals surface area contributed by atoms with Crippen molar-refractivity contribution >= 4 is 11.7 Å². The van der Waals surface area contributed by atoms with Crippen molar-refractivity contribution in [2.45, 2.75) is 6.61 Å². The number of phenolic OH excluding ortho intramolecular Hbond substituents is 2. The Bertz CT molecular complexity index is 698. The number of carbonyl (C=O) groups excluding carboxylic acids is 1. The molecule has 0 fully saturated rings. The van der Waals surface area contributed by atoms with Crippen molar-refractivity contribution in [2.75, 3.05) is 0 Å². The molecule has 7 nitrogen and oxygen atoms in total. The third kappa shape index (κ3) is 3.27. The van der Waals surface area contributed by atoms with Gasteiger partial charge in [-0.25, -0.2) is 4.79 Å². The predicted molar refractivity (Wildman–Crippen MR) is 72.0 cm³/mol. The summed E-state index contributed by atoms with van der Waals surface area (Å²) in [6.07, 6.45) is 0. The summed E-state index contributed by atoms with van der Waals surface area (Å²) in [6.45, 7) is -0.266. The molecule has 108 valence electrons. The molecule has 2 N–H and O–H groups in total. The molecular formula is C14H11NO6. The van der Waals surface area contributed by atoms with E-state index in [1.807, 2.05) is 0 Å². The Balaban J connectivity index is 2.11. The van der Waals surface area contributed by atoms with Crippen molar-refractivity contribution in [3.05, 3.63) is 63.7 Å². The summed E-state index contributed by atoms with van der Waals surface area (Å²) in [5.74, 6) is -1.57. The van der Waals surface area contributed by atoms with E-state index in [0.717, 1.165) is 12.1 Å². The third-order valence-corrected chi connectivity index (χ3v) is 2.76. The highest BCUT2D eigenvalue weighted by molar-refractivity contribution is 5.90. The Morgan fingerprint density at radius 2 is 1.86 bits per heavy atom. The number of benzene rings is 2. The standard InChI is InChI=1S/C14H11NO6/c16-12-6-5-9(7-13(12)17)14(18)21-8-10-3-1-2-4-11(10)15(19)20/h1-7,16-17H,8H2. The second-order valence-electron chi connectivity index (χ2n) is 4.17. The van der Waals surface area contributed by atoms with Gasteiger partial charge in [-0.15, -0.1) is 0 Å². The first-order valence-electron chi connectivity index (χ1n) is 5.90. The number of para-hydroxylation sites is 1. The van der Waals surface area contributed by atoms with Crippen LogP contribution in [0.25, 0.3) is 0 Å². The molecule has 0 aliphatic rings. The Kier molecular flexibility index (Phi) is 4.03. The molecule has 0 unspecified atom stereocenters. The third-order valence-electron chi connectivity index (χ3n) is 2.76. The van der Waals surface area contributed by atoms with Gasteiger partial charge in [0.25, 0.3) is 5.69 Å². The number of phenols is 2. The fraction of sp³-hybridized carbons (Fsp3) is 0.0714. The largest absolute Gasteiger partial charge is 0.504 e. The molecule has 0 radical (unpaired) electrons. The molecule has 2 aromatic carbocycles. The quantitative estimate of drug-likeness (QED) is 0.387. The minimum atomic E-state index is -0.761. The summed E-state index contributed by atoms with van der Waals surface area (Å²) >= 11 is 0. The van der Waals surface area contributed by atoms with E-state index in [1.165, 1.54) is 24.3 Å². The summed E-state index contributed by atoms with van der Waals surface area (Å²) in [4.78, 5) is 22.0. The first-order valence-corrected chi connectivity index (χ1v) is 5.90. The molecule has 0 bridgehead atoms. The monoisotopic (exact) mass is 289 g/mol. The normalized spacial score (nSPS) is 10.1. The van der Waals surface area contributed by atoms with Crippen LogP contribution in [-0.2, 0) is 11.3 Å². The van der Waals surface area contributed by atoms with E-state index in [9.17, 15) is 20.0 Å². The van der Waals surface area contributed by atoms with Crippen LogP contribution in [0.4, 0.5) is 5.69 Å². The molecule has 0 aliphatic heterocycles. The lowest BCUT2D eigenvalue weighted by Crippen LogP contribution is -2.06. The number of nitro benzene ring substituents is 1. The minimum absolute atomic E-state index is 0.0314.